The third-order valence-corrected chi connectivity index (χ3v) is 13.2. The Kier molecular flexibility index (Phi) is 8.59. The molecule has 0 saturated heterocycles. The number of ether oxygens (including phenoxy) is 2. The second-order valence-electron chi connectivity index (χ2n) is 19.1. The molecule has 0 atom stereocenters. The summed E-state index contributed by atoms with van der Waals surface area (Å²) in [5, 5.41) is 7.43. The molecule has 0 aliphatic carbocycles. The van der Waals surface area contributed by atoms with Crippen LogP contribution in [0, 0.1) is 0 Å². The fourth-order valence-corrected chi connectivity index (χ4v) is 10.1. The van der Waals surface area contributed by atoms with Crippen molar-refractivity contribution in [1.29, 1.82) is 0 Å². The summed E-state index contributed by atoms with van der Waals surface area (Å²) in [4.78, 5) is 0. The van der Waals surface area contributed by atoms with Crippen LogP contribution in [-0.2, 0) is 17.3 Å². The molecule has 296 valence electrons. The van der Waals surface area contributed by atoms with Gasteiger partial charge in [0.1, 0.15) is 17.2 Å². The van der Waals surface area contributed by atoms with Crippen LogP contribution in [0.1, 0.15) is 58.2 Å². The third kappa shape index (κ3) is 6.16. The summed E-state index contributed by atoms with van der Waals surface area (Å²) in [5.41, 5.74) is 14.8. The van der Waals surface area contributed by atoms with Gasteiger partial charge < -0.3 is 9.47 Å². The van der Waals surface area contributed by atoms with Crippen LogP contribution < -0.4 is 25.9 Å². The molecule has 11 rings (SSSR count). The normalized spacial score (nSPS) is 13.5. The maximum Gasteiger partial charge on any atom is 0.256 e. The number of hydrogen-bond acceptors (Lipinski definition) is 2. The van der Waals surface area contributed by atoms with E-state index >= 15 is 0 Å². The fourth-order valence-electron chi connectivity index (χ4n) is 10.1. The van der Waals surface area contributed by atoms with E-state index in [-0.39, 0.29) is 17.5 Å². The lowest BCUT2D eigenvalue weighted by Gasteiger charge is -2.34. The zero-order chi connectivity index (χ0) is 41.6. The maximum atomic E-state index is 7.18. The molecule has 0 N–H and O–H groups in total. The average molecular weight is 789 g/mol. The number of rotatable bonds is 3. The molecule has 2 nitrogen and oxygen atoms in total. The predicted molar refractivity (Wildman–Crippen MR) is 259 cm³/mol. The van der Waals surface area contributed by atoms with Gasteiger partial charge in [0.25, 0.3) is 6.71 Å². The SMILES string of the molecule is CC(C)(C)c1ccc2c(c1)OCCc1cc(-c3c4ccccc4c(-c4ccc(-c5ccccc5)c5ccccc45)c4ccccc34)cc3c1B2c1ccc(C(C)(C)C)cc1O3. The fraction of sp³-hybridized carbons (Fsp3) is 0.172. The minimum atomic E-state index is -0.0258. The number of benzene rings is 9. The van der Waals surface area contributed by atoms with Gasteiger partial charge >= 0.3 is 0 Å². The molecule has 0 radical (unpaired) electrons. The van der Waals surface area contributed by atoms with Crippen molar-refractivity contribution in [2.75, 3.05) is 6.61 Å². The van der Waals surface area contributed by atoms with Crippen LogP contribution in [0.5, 0.6) is 17.2 Å². The van der Waals surface area contributed by atoms with Crippen molar-refractivity contribution >= 4 is 55.4 Å². The Labute approximate surface area is 359 Å². The summed E-state index contributed by atoms with van der Waals surface area (Å²) in [6, 6.07) is 60.8. The van der Waals surface area contributed by atoms with Crippen LogP contribution >= 0.6 is 0 Å². The van der Waals surface area contributed by atoms with Crippen molar-refractivity contribution in [3.63, 3.8) is 0 Å². The van der Waals surface area contributed by atoms with Crippen molar-refractivity contribution in [2.24, 2.45) is 0 Å². The zero-order valence-electron chi connectivity index (χ0n) is 35.9. The first-order valence-corrected chi connectivity index (χ1v) is 21.8. The summed E-state index contributed by atoms with van der Waals surface area (Å²) < 4.78 is 14.0. The first kappa shape index (κ1) is 37.4. The molecule has 0 spiro atoms. The first-order valence-electron chi connectivity index (χ1n) is 21.8. The molecule has 2 aliphatic heterocycles. The van der Waals surface area contributed by atoms with E-state index in [2.05, 4.69) is 205 Å². The summed E-state index contributed by atoms with van der Waals surface area (Å²) in [7, 11) is 0. The van der Waals surface area contributed by atoms with E-state index in [1.165, 1.54) is 93.2 Å². The smallest absolute Gasteiger partial charge is 0.256 e. The van der Waals surface area contributed by atoms with Crippen LogP contribution in [0.3, 0.4) is 0 Å². The summed E-state index contributed by atoms with van der Waals surface area (Å²) in [6.07, 6.45) is 0.776. The minimum Gasteiger partial charge on any atom is -0.494 e. The average Bonchev–Trinajstić information content (AvgIpc) is 3.26. The highest BCUT2D eigenvalue weighted by Gasteiger charge is 2.39. The van der Waals surface area contributed by atoms with Gasteiger partial charge in [0.05, 0.1) is 6.61 Å². The van der Waals surface area contributed by atoms with E-state index in [4.69, 9.17) is 9.47 Å². The molecule has 0 unspecified atom stereocenters. The van der Waals surface area contributed by atoms with Crippen molar-refractivity contribution < 1.29 is 9.47 Å². The Morgan fingerprint density at radius 3 is 1.54 bits per heavy atom. The lowest BCUT2D eigenvalue weighted by atomic mass is 9.34. The topological polar surface area (TPSA) is 18.5 Å². The van der Waals surface area contributed by atoms with Crippen molar-refractivity contribution in [3.05, 3.63) is 180 Å². The standard InChI is InChI=1S/C58H49BO2/c1-57(2,3)39-24-28-49-51(34-39)60-31-30-37-32-38(33-53-56(37)59(49)50-29-25-40(58(4,5)6)35-52(50)61-53)54-44-20-12-14-22-46(44)55(47-23-15-13-21-45(47)54)48-27-26-41(36-16-8-7-9-17-36)42-18-10-11-19-43(42)48/h7-29,32-35H,30-31H2,1-6H3. The summed E-state index contributed by atoms with van der Waals surface area (Å²) in [6.45, 7) is 14.2. The Morgan fingerprint density at radius 1 is 0.426 bits per heavy atom. The summed E-state index contributed by atoms with van der Waals surface area (Å²) >= 11 is 0. The molecule has 0 aromatic heterocycles. The molecule has 2 heterocycles. The quantitative estimate of drug-likeness (QED) is 0.131. The highest BCUT2D eigenvalue weighted by Crippen LogP contribution is 2.47. The predicted octanol–water partition coefficient (Wildman–Crippen LogP) is 13.3. The zero-order valence-corrected chi connectivity index (χ0v) is 35.9. The second-order valence-corrected chi connectivity index (χ2v) is 19.1. The van der Waals surface area contributed by atoms with E-state index < -0.39 is 0 Å². The molecule has 2 aliphatic rings. The Hall–Kier alpha value is -6.58. The molecule has 0 bridgehead atoms. The summed E-state index contributed by atoms with van der Waals surface area (Å²) in [5.74, 6) is 2.83. The Bertz CT molecular complexity index is 3160. The molecule has 9 aromatic rings. The molecule has 61 heavy (non-hydrogen) atoms. The Morgan fingerprint density at radius 2 is 0.934 bits per heavy atom. The molecular weight excluding hydrogens is 739 g/mol. The highest BCUT2D eigenvalue weighted by atomic mass is 16.5. The van der Waals surface area contributed by atoms with Crippen molar-refractivity contribution in [2.45, 2.75) is 58.8 Å². The second kappa shape index (κ2) is 14.0. The molecule has 0 fully saturated rings. The van der Waals surface area contributed by atoms with Gasteiger partial charge in [-0.3, -0.25) is 0 Å². The molecule has 0 saturated carbocycles. The third-order valence-electron chi connectivity index (χ3n) is 13.2. The van der Waals surface area contributed by atoms with Gasteiger partial charge in [0.15, 0.2) is 0 Å². The van der Waals surface area contributed by atoms with Gasteiger partial charge in [-0.1, -0.05) is 187 Å². The van der Waals surface area contributed by atoms with E-state index in [9.17, 15) is 0 Å². The number of fused-ring (bicyclic) bond motifs is 7. The van der Waals surface area contributed by atoms with E-state index in [0.29, 0.717) is 6.61 Å². The molecule has 9 aromatic carbocycles. The number of hydrogen-bond donors (Lipinski definition) is 0. The van der Waals surface area contributed by atoms with E-state index in [1.807, 2.05) is 0 Å². The molecule has 3 heteroatoms. The monoisotopic (exact) mass is 788 g/mol. The van der Waals surface area contributed by atoms with Crippen LogP contribution in [-0.4, -0.2) is 13.3 Å². The van der Waals surface area contributed by atoms with Crippen molar-refractivity contribution in [3.8, 4) is 50.6 Å². The van der Waals surface area contributed by atoms with Gasteiger partial charge in [-0.15, -0.1) is 0 Å². The van der Waals surface area contributed by atoms with Crippen LogP contribution in [0.25, 0.3) is 65.7 Å². The maximum absolute atomic E-state index is 7.18. The minimum absolute atomic E-state index is 0.00767. The van der Waals surface area contributed by atoms with Gasteiger partial charge in [0, 0.05) is 6.42 Å². The van der Waals surface area contributed by atoms with Crippen LogP contribution in [0.4, 0.5) is 0 Å². The Balaban J connectivity index is 1.16. The van der Waals surface area contributed by atoms with Gasteiger partial charge in [-0.25, -0.2) is 0 Å². The largest absolute Gasteiger partial charge is 0.494 e. The van der Waals surface area contributed by atoms with E-state index in [0.717, 1.165) is 29.2 Å². The van der Waals surface area contributed by atoms with Crippen LogP contribution in [0.2, 0.25) is 0 Å². The first-order chi connectivity index (χ1) is 29.5. The van der Waals surface area contributed by atoms with Gasteiger partial charge in [-0.05, 0) is 128 Å². The molecule has 0 amide bonds. The van der Waals surface area contributed by atoms with E-state index in [1.54, 1.807) is 0 Å². The lowest BCUT2D eigenvalue weighted by molar-refractivity contribution is 0.323. The molecular formula is C58H49BO2. The van der Waals surface area contributed by atoms with Crippen LogP contribution in [0.15, 0.2) is 164 Å². The highest BCUT2D eigenvalue weighted by molar-refractivity contribution is 6.97. The lowest BCUT2D eigenvalue weighted by Crippen LogP contribution is -2.57. The van der Waals surface area contributed by atoms with Crippen molar-refractivity contribution in [1.82, 2.24) is 0 Å². The van der Waals surface area contributed by atoms with Gasteiger partial charge in [-0.2, -0.15) is 0 Å². The van der Waals surface area contributed by atoms with Gasteiger partial charge in [0.2, 0.25) is 0 Å².